The minimum absolute atomic E-state index is 0.0490. The van der Waals surface area contributed by atoms with Crippen molar-refractivity contribution in [2.24, 2.45) is 5.92 Å². The van der Waals surface area contributed by atoms with Crippen LogP contribution in [-0.4, -0.2) is 36.9 Å². The third-order valence-corrected chi connectivity index (χ3v) is 5.63. The number of carbonyl (C=O) groups is 1. The molecule has 1 rings (SSSR count). The molecule has 21 heavy (non-hydrogen) atoms. The summed E-state index contributed by atoms with van der Waals surface area (Å²) in [6, 6.07) is 2.79. The third kappa shape index (κ3) is 4.82. The third-order valence-electron chi connectivity index (χ3n) is 2.44. The Morgan fingerprint density at radius 3 is 2.19 bits per heavy atom. The van der Waals surface area contributed by atoms with Crippen LogP contribution in [0, 0.1) is 5.92 Å². The summed E-state index contributed by atoms with van der Waals surface area (Å²) in [5.41, 5.74) is 0. The fourth-order valence-electron chi connectivity index (χ4n) is 1.71. The fraction of sp³-hybridized carbons (Fsp3) is 0.417. The monoisotopic (exact) mass is 417 g/mol. The predicted molar refractivity (Wildman–Crippen MR) is 85.4 cm³/mol. The number of carboxylic acid groups (broad SMARTS) is 1. The lowest BCUT2D eigenvalue weighted by molar-refractivity contribution is -0.137. The van der Waals surface area contributed by atoms with Gasteiger partial charge in [0.2, 0.25) is 10.0 Å². The SMILES string of the molecule is CC(C)CN(CC(=O)O)S(=O)(=O)c1c(Cl)cc(Br)cc1Cl. The summed E-state index contributed by atoms with van der Waals surface area (Å²) in [5, 5.41) is 8.79. The standard InChI is InChI=1S/C12H14BrCl2NO4S/c1-7(2)5-16(6-11(17)18)21(19,20)12-9(14)3-8(13)4-10(12)15/h3-4,7H,5-6H2,1-2H3,(H,17,18). The van der Waals surface area contributed by atoms with Crippen LogP contribution in [0.4, 0.5) is 0 Å². The van der Waals surface area contributed by atoms with Crippen molar-refractivity contribution in [3.8, 4) is 0 Å². The van der Waals surface area contributed by atoms with E-state index in [4.69, 9.17) is 28.3 Å². The zero-order chi connectivity index (χ0) is 16.4. The van der Waals surface area contributed by atoms with E-state index in [1.807, 2.05) is 0 Å². The van der Waals surface area contributed by atoms with Crippen molar-refractivity contribution in [3.05, 3.63) is 26.7 Å². The highest BCUT2D eigenvalue weighted by molar-refractivity contribution is 9.10. The summed E-state index contributed by atoms with van der Waals surface area (Å²) in [7, 11) is -4.10. The zero-order valence-electron chi connectivity index (χ0n) is 11.3. The number of halogens is 3. The molecular formula is C12H14BrCl2NO4S. The molecule has 1 aromatic rings. The van der Waals surface area contributed by atoms with Gasteiger partial charge in [0.05, 0.1) is 10.0 Å². The molecule has 0 unspecified atom stereocenters. The van der Waals surface area contributed by atoms with Gasteiger partial charge in [0.25, 0.3) is 0 Å². The number of hydrogen-bond donors (Lipinski definition) is 1. The quantitative estimate of drug-likeness (QED) is 0.767. The van der Waals surface area contributed by atoms with Gasteiger partial charge in [0.1, 0.15) is 11.4 Å². The fourth-order valence-corrected chi connectivity index (χ4v) is 5.15. The predicted octanol–water partition coefficient (Wildman–Crippen LogP) is 3.49. The van der Waals surface area contributed by atoms with Crippen molar-refractivity contribution >= 4 is 55.1 Å². The highest BCUT2D eigenvalue weighted by Gasteiger charge is 2.31. The van der Waals surface area contributed by atoms with Crippen LogP contribution in [0.5, 0.6) is 0 Å². The molecule has 0 heterocycles. The molecule has 1 N–H and O–H groups in total. The number of nitrogens with zero attached hydrogens (tertiary/aromatic N) is 1. The topological polar surface area (TPSA) is 74.7 Å². The summed E-state index contributed by atoms with van der Waals surface area (Å²) >= 11 is 15.1. The first-order valence-corrected chi connectivity index (χ1v) is 8.91. The Morgan fingerprint density at radius 1 is 1.33 bits per heavy atom. The first kappa shape index (κ1) is 18.7. The summed E-state index contributed by atoms with van der Waals surface area (Å²) < 4.78 is 26.7. The van der Waals surface area contributed by atoms with Crippen LogP contribution in [0.2, 0.25) is 10.0 Å². The molecule has 118 valence electrons. The highest BCUT2D eigenvalue weighted by Crippen LogP contribution is 2.34. The lowest BCUT2D eigenvalue weighted by Crippen LogP contribution is -2.38. The molecule has 0 fully saturated rings. The highest BCUT2D eigenvalue weighted by atomic mass is 79.9. The van der Waals surface area contributed by atoms with E-state index in [9.17, 15) is 13.2 Å². The number of carboxylic acids is 1. The second kappa shape index (κ2) is 7.28. The van der Waals surface area contributed by atoms with Gasteiger partial charge in [-0.15, -0.1) is 0 Å². The molecular weight excluding hydrogens is 405 g/mol. The second-order valence-electron chi connectivity index (χ2n) is 4.78. The van der Waals surface area contributed by atoms with Crippen LogP contribution >= 0.6 is 39.1 Å². The molecule has 0 aromatic heterocycles. The molecule has 0 saturated carbocycles. The molecule has 1 aromatic carbocycles. The Labute approximate surface area is 142 Å². The van der Waals surface area contributed by atoms with Gasteiger partial charge >= 0.3 is 5.97 Å². The largest absolute Gasteiger partial charge is 0.480 e. The van der Waals surface area contributed by atoms with Gasteiger partial charge in [-0.3, -0.25) is 4.79 Å². The van der Waals surface area contributed by atoms with Crippen molar-refractivity contribution in [2.75, 3.05) is 13.1 Å². The summed E-state index contributed by atoms with van der Waals surface area (Å²) in [6.45, 7) is 2.98. The van der Waals surface area contributed by atoms with E-state index in [0.717, 1.165) is 4.31 Å². The Balaban J connectivity index is 3.38. The van der Waals surface area contributed by atoms with Gasteiger partial charge in [-0.05, 0) is 18.1 Å². The molecule has 9 heteroatoms. The van der Waals surface area contributed by atoms with E-state index < -0.39 is 22.5 Å². The van der Waals surface area contributed by atoms with Gasteiger partial charge in [-0.1, -0.05) is 53.0 Å². The molecule has 0 amide bonds. The van der Waals surface area contributed by atoms with Crippen LogP contribution in [0.3, 0.4) is 0 Å². The first-order chi connectivity index (χ1) is 9.55. The van der Waals surface area contributed by atoms with Gasteiger partial charge in [-0.25, -0.2) is 8.42 Å². The minimum atomic E-state index is -4.10. The Kier molecular flexibility index (Phi) is 6.49. The summed E-state index contributed by atoms with van der Waals surface area (Å²) in [6.07, 6.45) is 0. The Hall–Kier alpha value is -0.340. The number of hydrogen-bond acceptors (Lipinski definition) is 3. The van der Waals surface area contributed by atoms with Crippen LogP contribution in [-0.2, 0) is 14.8 Å². The maximum atomic E-state index is 12.6. The van der Waals surface area contributed by atoms with E-state index in [1.54, 1.807) is 13.8 Å². The first-order valence-electron chi connectivity index (χ1n) is 5.92. The molecule has 0 aliphatic carbocycles. The molecule has 0 bridgehead atoms. The number of aliphatic carboxylic acids is 1. The van der Waals surface area contributed by atoms with E-state index in [0.29, 0.717) is 4.47 Å². The van der Waals surface area contributed by atoms with Gasteiger partial charge in [0, 0.05) is 11.0 Å². The Morgan fingerprint density at radius 2 is 1.81 bits per heavy atom. The van der Waals surface area contributed by atoms with Gasteiger partial charge in [0.15, 0.2) is 0 Å². The molecule has 0 spiro atoms. The number of rotatable bonds is 6. The van der Waals surface area contributed by atoms with Crippen molar-refractivity contribution in [2.45, 2.75) is 18.7 Å². The molecule has 0 radical (unpaired) electrons. The normalized spacial score (nSPS) is 12.1. The second-order valence-corrected chi connectivity index (χ2v) is 8.39. The van der Waals surface area contributed by atoms with Crippen LogP contribution < -0.4 is 0 Å². The van der Waals surface area contributed by atoms with Crippen molar-refractivity contribution in [3.63, 3.8) is 0 Å². The van der Waals surface area contributed by atoms with Crippen LogP contribution in [0.25, 0.3) is 0 Å². The minimum Gasteiger partial charge on any atom is -0.480 e. The van der Waals surface area contributed by atoms with Crippen molar-refractivity contribution in [1.29, 1.82) is 0 Å². The number of sulfonamides is 1. The molecule has 0 aliphatic heterocycles. The van der Waals surface area contributed by atoms with E-state index >= 15 is 0 Å². The van der Waals surface area contributed by atoms with Crippen molar-refractivity contribution < 1.29 is 18.3 Å². The van der Waals surface area contributed by atoms with Crippen molar-refractivity contribution in [1.82, 2.24) is 4.31 Å². The van der Waals surface area contributed by atoms with Gasteiger partial charge < -0.3 is 5.11 Å². The summed E-state index contributed by atoms with van der Waals surface area (Å²) in [5.74, 6) is -1.30. The van der Waals surface area contributed by atoms with Gasteiger partial charge in [-0.2, -0.15) is 4.31 Å². The molecule has 0 saturated heterocycles. The van der Waals surface area contributed by atoms with E-state index in [2.05, 4.69) is 15.9 Å². The van der Waals surface area contributed by atoms with E-state index in [1.165, 1.54) is 12.1 Å². The lowest BCUT2D eigenvalue weighted by atomic mass is 10.2. The lowest BCUT2D eigenvalue weighted by Gasteiger charge is -2.23. The molecule has 0 atom stereocenters. The smallest absolute Gasteiger partial charge is 0.318 e. The zero-order valence-corrected chi connectivity index (χ0v) is 15.2. The van der Waals surface area contributed by atoms with E-state index in [-0.39, 0.29) is 27.4 Å². The maximum absolute atomic E-state index is 12.6. The number of benzene rings is 1. The van der Waals surface area contributed by atoms with Crippen LogP contribution in [0.15, 0.2) is 21.5 Å². The maximum Gasteiger partial charge on any atom is 0.318 e. The average Bonchev–Trinajstić information content (AvgIpc) is 2.24. The Bertz CT molecular complexity index is 626. The molecule has 5 nitrogen and oxygen atoms in total. The average molecular weight is 419 g/mol. The molecule has 0 aliphatic rings. The summed E-state index contributed by atoms with van der Waals surface area (Å²) in [4.78, 5) is 10.6. The van der Waals surface area contributed by atoms with Crippen LogP contribution in [0.1, 0.15) is 13.8 Å².